The van der Waals surface area contributed by atoms with E-state index < -0.39 is 0 Å². The number of nitrogens with one attached hydrogen (secondary N) is 1. The van der Waals surface area contributed by atoms with Crippen LogP contribution in [0.2, 0.25) is 5.02 Å². The van der Waals surface area contributed by atoms with Crippen molar-refractivity contribution >= 4 is 39.4 Å². The van der Waals surface area contributed by atoms with Gasteiger partial charge >= 0.3 is 0 Å². The molecule has 0 fully saturated rings. The smallest absolute Gasteiger partial charge is 0.137 e. The Labute approximate surface area is 143 Å². The van der Waals surface area contributed by atoms with E-state index in [2.05, 4.69) is 26.5 Å². The largest absolute Gasteiger partial charge is 0.495 e. The van der Waals surface area contributed by atoms with Gasteiger partial charge in [-0.25, -0.2) is 0 Å². The van der Waals surface area contributed by atoms with Gasteiger partial charge in [-0.2, -0.15) is 5.10 Å². The summed E-state index contributed by atoms with van der Waals surface area (Å²) < 4.78 is 11.5. The molecule has 0 saturated carbocycles. The number of benzene rings is 2. The number of rotatable bonds is 6. The topological polar surface area (TPSA) is 42.8 Å². The van der Waals surface area contributed by atoms with E-state index in [4.69, 9.17) is 21.1 Å². The highest BCUT2D eigenvalue weighted by Crippen LogP contribution is 2.27. The van der Waals surface area contributed by atoms with Gasteiger partial charge in [-0.3, -0.25) is 5.43 Å². The van der Waals surface area contributed by atoms with Gasteiger partial charge in [0.2, 0.25) is 0 Å². The van der Waals surface area contributed by atoms with E-state index in [0.717, 1.165) is 21.5 Å². The Morgan fingerprint density at radius 1 is 1.23 bits per heavy atom. The highest BCUT2D eigenvalue weighted by Gasteiger charge is 2.02. The molecule has 0 spiro atoms. The molecule has 116 valence electrons. The zero-order chi connectivity index (χ0) is 15.9. The average Bonchev–Trinajstić information content (AvgIpc) is 2.50. The van der Waals surface area contributed by atoms with Crippen molar-refractivity contribution in [3.63, 3.8) is 0 Å². The molecular formula is C16H16BrClN2O2. The molecule has 0 atom stereocenters. The van der Waals surface area contributed by atoms with E-state index in [1.807, 2.05) is 31.2 Å². The third kappa shape index (κ3) is 4.39. The van der Waals surface area contributed by atoms with Crippen LogP contribution in [0, 0.1) is 0 Å². The van der Waals surface area contributed by atoms with E-state index in [0.29, 0.717) is 17.4 Å². The van der Waals surface area contributed by atoms with Gasteiger partial charge in [-0.1, -0.05) is 11.6 Å². The molecule has 0 bridgehead atoms. The molecule has 0 aliphatic carbocycles. The van der Waals surface area contributed by atoms with E-state index in [1.54, 1.807) is 25.5 Å². The standard InChI is InChI=1S/C16H16BrClN2O2/c1-3-22-15-6-4-11(8-13(15)17)10-19-20-12-5-7-16(21-2)14(18)9-12/h4-10,20H,3H2,1-2H3/b19-10+. The van der Waals surface area contributed by atoms with Crippen molar-refractivity contribution in [2.45, 2.75) is 6.92 Å². The average molecular weight is 384 g/mol. The van der Waals surface area contributed by atoms with Crippen molar-refractivity contribution in [1.29, 1.82) is 0 Å². The van der Waals surface area contributed by atoms with Gasteiger partial charge in [-0.15, -0.1) is 0 Å². The fourth-order valence-corrected chi connectivity index (χ4v) is 2.56. The second-order valence-electron chi connectivity index (χ2n) is 4.34. The summed E-state index contributed by atoms with van der Waals surface area (Å²) in [6.45, 7) is 2.58. The number of nitrogens with zero attached hydrogens (tertiary/aromatic N) is 1. The van der Waals surface area contributed by atoms with E-state index in [-0.39, 0.29) is 0 Å². The number of methoxy groups -OCH3 is 1. The van der Waals surface area contributed by atoms with Gasteiger partial charge in [0.1, 0.15) is 11.5 Å². The van der Waals surface area contributed by atoms with Crippen LogP contribution in [0.25, 0.3) is 0 Å². The summed E-state index contributed by atoms with van der Waals surface area (Å²) in [6, 6.07) is 11.2. The Morgan fingerprint density at radius 3 is 2.64 bits per heavy atom. The predicted octanol–water partition coefficient (Wildman–Crippen LogP) is 4.96. The van der Waals surface area contributed by atoms with Crippen LogP contribution in [0.1, 0.15) is 12.5 Å². The highest BCUT2D eigenvalue weighted by molar-refractivity contribution is 9.10. The summed E-state index contributed by atoms with van der Waals surface area (Å²) in [6.07, 6.45) is 1.72. The molecule has 2 aromatic rings. The minimum atomic E-state index is 0.534. The van der Waals surface area contributed by atoms with Gasteiger partial charge in [0.15, 0.2) is 0 Å². The first kappa shape index (κ1) is 16.6. The number of hydrazone groups is 1. The van der Waals surface area contributed by atoms with Crippen LogP contribution < -0.4 is 14.9 Å². The molecule has 0 aliphatic heterocycles. The fourth-order valence-electron chi connectivity index (χ4n) is 1.79. The van der Waals surface area contributed by atoms with Crippen molar-refractivity contribution in [3.05, 3.63) is 51.5 Å². The number of halogens is 2. The van der Waals surface area contributed by atoms with Crippen molar-refractivity contribution in [3.8, 4) is 11.5 Å². The van der Waals surface area contributed by atoms with Crippen molar-refractivity contribution in [2.75, 3.05) is 19.1 Å². The fraction of sp³-hybridized carbons (Fsp3) is 0.188. The van der Waals surface area contributed by atoms with Crippen molar-refractivity contribution in [2.24, 2.45) is 5.10 Å². The molecule has 0 radical (unpaired) electrons. The molecule has 0 unspecified atom stereocenters. The van der Waals surface area contributed by atoms with E-state index in [1.165, 1.54) is 0 Å². The van der Waals surface area contributed by atoms with Gasteiger partial charge in [-0.05, 0) is 64.8 Å². The second-order valence-corrected chi connectivity index (χ2v) is 5.60. The van der Waals surface area contributed by atoms with Gasteiger partial charge in [0.05, 0.1) is 35.1 Å². The molecule has 0 saturated heterocycles. The molecule has 4 nitrogen and oxygen atoms in total. The SMILES string of the molecule is CCOc1ccc(/C=N/Nc2ccc(OC)c(Cl)c2)cc1Br. The van der Waals surface area contributed by atoms with E-state index >= 15 is 0 Å². The lowest BCUT2D eigenvalue weighted by molar-refractivity contribution is 0.338. The number of hydrogen-bond donors (Lipinski definition) is 1. The summed E-state index contributed by atoms with van der Waals surface area (Å²) in [4.78, 5) is 0. The Balaban J connectivity index is 2.03. The van der Waals surface area contributed by atoms with Crippen LogP contribution in [0.3, 0.4) is 0 Å². The highest BCUT2D eigenvalue weighted by atomic mass is 79.9. The normalized spacial score (nSPS) is 10.7. The van der Waals surface area contributed by atoms with Crippen molar-refractivity contribution in [1.82, 2.24) is 0 Å². The van der Waals surface area contributed by atoms with Crippen LogP contribution in [0.15, 0.2) is 46.0 Å². The Hall–Kier alpha value is -1.72. The van der Waals surface area contributed by atoms with Crippen LogP contribution >= 0.6 is 27.5 Å². The molecule has 0 aliphatic rings. The molecule has 22 heavy (non-hydrogen) atoms. The minimum Gasteiger partial charge on any atom is -0.495 e. The first-order valence-electron chi connectivity index (χ1n) is 6.69. The first-order chi connectivity index (χ1) is 10.6. The zero-order valence-electron chi connectivity index (χ0n) is 12.3. The molecule has 6 heteroatoms. The van der Waals surface area contributed by atoms with E-state index in [9.17, 15) is 0 Å². The zero-order valence-corrected chi connectivity index (χ0v) is 14.6. The third-order valence-electron chi connectivity index (χ3n) is 2.81. The Morgan fingerprint density at radius 2 is 2.00 bits per heavy atom. The lowest BCUT2D eigenvalue weighted by atomic mass is 10.2. The molecule has 0 aromatic heterocycles. The maximum absolute atomic E-state index is 6.06. The van der Waals surface area contributed by atoms with Crippen molar-refractivity contribution < 1.29 is 9.47 Å². The predicted molar refractivity (Wildman–Crippen MR) is 94.5 cm³/mol. The quantitative estimate of drug-likeness (QED) is 0.566. The third-order valence-corrected chi connectivity index (χ3v) is 3.73. The Bertz CT molecular complexity index is 677. The lowest BCUT2D eigenvalue weighted by Crippen LogP contribution is -1.94. The maximum atomic E-state index is 6.06. The lowest BCUT2D eigenvalue weighted by Gasteiger charge is -2.06. The summed E-state index contributed by atoms with van der Waals surface area (Å²) in [5, 5.41) is 4.72. The van der Waals surface area contributed by atoms with Gasteiger partial charge < -0.3 is 9.47 Å². The molecule has 2 rings (SSSR count). The molecule has 1 N–H and O–H groups in total. The molecule has 0 heterocycles. The monoisotopic (exact) mass is 382 g/mol. The number of ether oxygens (including phenoxy) is 2. The summed E-state index contributed by atoms with van der Waals surface area (Å²) in [5.41, 5.74) is 4.66. The van der Waals surface area contributed by atoms with Crippen LogP contribution in [0.4, 0.5) is 5.69 Å². The van der Waals surface area contributed by atoms with Gasteiger partial charge in [0, 0.05) is 0 Å². The maximum Gasteiger partial charge on any atom is 0.137 e. The van der Waals surface area contributed by atoms with Crippen LogP contribution in [-0.4, -0.2) is 19.9 Å². The Kier molecular flexibility index (Phi) is 6.10. The minimum absolute atomic E-state index is 0.534. The van der Waals surface area contributed by atoms with Gasteiger partial charge in [0.25, 0.3) is 0 Å². The van der Waals surface area contributed by atoms with Crippen LogP contribution in [-0.2, 0) is 0 Å². The summed E-state index contributed by atoms with van der Waals surface area (Å²) >= 11 is 9.53. The second kappa shape index (κ2) is 8.06. The first-order valence-corrected chi connectivity index (χ1v) is 7.86. The summed E-state index contributed by atoms with van der Waals surface area (Å²) in [5.74, 6) is 1.45. The molecular weight excluding hydrogens is 368 g/mol. The molecule has 0 amide bonds. The number of anilines is 1. The molecule has 2 aromatic carbocycles. The van der Waals surface area contributed by atoms with Crippen LogP contribution in [0.5, 0.6) is 11.5 Å². The number of hydrogen-bond acceptors (Lipinski definition) is 4. The summed E-state index contributed by atoms with van der Waals surface area (Å²) in [7, 11) is 1.58.